The van der Waals surface area contributed by atoms with Gasteiger partial charge < -0.3 is 40.0 Å². The molecule has 0 saturated carbocycles. The summed E-state index contributed by atoms with van der Waals surface area (Å²) in [5.41, 5.74) is 4.85. The molecule has 0 aromatic heterocycles. The molecule has 0 aliphatic carbocycles. The maximum Gasteiger partial charge on any atom is 0.410 e. The molecule has 5 N–H and O–H groups in total. The topological polar surface area (TPSA) is 170 Å². The Labute approximate surface area is 304 Å². The summed E-state index contributed by atoms with van der Waals surface area (Å²) in [4.78, 5) is 41.2. The Kier molecular flexibility index (Phi) is 20.7. The van der Waals surface area contributed by atoms with Crippen LogP contribution in [0.1, 0.15) is 102 Å². The lowest BCUT2D eigenvalue weighted by molar-refractivity contribution is 0.0207. The first-order valence-corrected chi connectivity index (χ1v) is 17.4. The highest BCUT2D eigenvalue weighted by Gasteiger charge is 2.24. The van der Waals surface area contributed by atoms with Gasteiger partial charge in [0.05, 0.1) is 11.4 Å². The first-order chi connectivity index (χ1) is 22.5. The highest BCUT2D eigenvalue weighted by Crippen LogP contribution is 2.13. The van der Waals surface area contributed by atoms with Gasteiger partial charge in [0, 0.05) is 46.3 Å². The summed E-state index contributed by atoms with van der Waals surface area (Å²) in [5.74, 6) is 0. The van der Waals surface area contributed by atoms with Gasteiger partial charge in [-0.05, 0) is 126 Å². The molecule has 0 atom stereocenters. The van der Waals surface area contributed by atoms with Crippen molar-refractivity contribution >= 4 is 64.4 Å². The number of nitrogens with zero attached hydrogens (tertiary/aromatic N) is 4. The van der Waals surface area contributed by atoms with Crippen LogP contribution in [0.15, 0.2) is 10.2 Å². The number of unbranched alkanes of at least 4 members (excludes halogenated alkanes) is 1. The van der Waals surface area contributed by atoms with Gasteiger partial charge in [0.1, 0.15) is 16.8 Å². The predicted molar refractivity (Wildman–Crippen MR) is 203 cm³/mol. The van der Waals surface area contributed by atoms with Gasteiger partial charge in [-0.3, -0.25) is 10.9 Å². The van der Waals surface area contributed by atoms with Crippen LogP contribution in [0.4, 0.5) is 14.4 Å². The number of hydrogen-bond acceptors (Lipinski definition) is 10. The lowest BCUT2D eigenvalue weighted by atomic mass is 10.2. The Morgan fingerprint density at radius 2 is 0.959 bits per heavy atom. The van der Waals surface area contributed by atoms with E-state index in [0.29, 0.717) is 86.6 Å². The Morgan fingerprint density at radius 1 is 0.592 bits per heavy atom. The maximum atomic E-state index is 13.0. The number of hydrazone groups is 2. The second-order valence-electron chi connectivity index (χ2n) is 14.2. The second kappa shape index (κ2) is 22.3. The molecule has 0 heterocycles. The normalized spacial score (nSPS) is 12.3. The summed E-state index contributed by atoms with van der Waals surface area (Å²) in [6.07, 6.45) is 1.03. The average molecular weight is 732 g/mol. The lowest BCUT2D eigenvalue weighted by Gasteiger charge is -2.29. The number of nitrogens with one attached hydrogen (secondary N) is 5. The fourth-order valence-electron chi connectivity index (χ4n) is 3.62. The van der Waals surface area contributed by atoms with E-state index >= 15 is 0 Å². The van der Waals surface area contributed by atoms with Crippen LogP contribution >= 0.6 is 24.4 Å². The molecule has 49 heavy (non-hydrogen) atoms. The molecule has 0 spiro atoms. The third-order valence-electron chi connectivity index (χ3n) is 5.97. The molecule has 0 fully saturated rings. The van der Waals surface area contributed by atoms with Crippen molar-refractivity contribution in [1.82, 2.24) is 36.6 Å². The van der Waals surface area contributed by atoms with Crippen molar-refractivity contribution in [3.05, 3.63) is 0 Å². The molecule has 0 aliphatic heterocycles. The summed E-state index contributed by atoms with van der Waals surface area (Å²) in [6, 6.07) is 0. The van der Waals surface area contributed by atoms with Crippen LogP contribution in [0.25, 0.3) is 0 Å². The summed E-state index contributed by atoms with van der Waals surface area (Å²) in [7, 11) is 1.70. The number of rotatable bonds is 16. The van der Waals surface area contributed by atoms with Crippen LogP contribution < -0.4 is 26.8 Å². The van der Waals surface area contributed by atoms with E-state index in [1.165, 1.54) is 0 Å². The molecule has 0 bridgehead atoms. The average Bonchev–Trinajstić information content (AvgIpc) is 2.95. The number of carbonyl (C=O) groups is 3. The van der Waals surface area contributed by atoms with Crippen molar-refractivity contribution in [3.8, 4) is 0 Å². The summed E-state index contributed by atoms with van der Waals surface area (Å²) >= 11 is 10.3. The first kappa shape index (κ1) is 45.5. The molecule has 0 unspecified atom stereocenters. The van der Waals surface area contributed by atoms with Crippen molar-refractivity contribution in [2.24, 2.45) is 10.2 Å². The molecular weight excluding hydrogens is 671 g/mol. The molecule has 282 valence electrons. The fraction of sp³-hybridized carbons (Fsp3) is 0.781. The molecular formula is C32H61N9O6S2. The molecule has 17 heteroatoms. The van der Waals surface area contributed by atoms with Crippen LogP contribution in [0, 0.1) is 0 Å². The zero-order valence-corrected chi connectivity index (χ0v) is 33.3. The van der Waals surface area contributed by atoms with Gasteiger partial charge >= 0.3 is 18.3 Å². The zero-order valence-electron chi connectivity index (χ0n) is 31.6. The molecule has 0 aromatic rings. The van der Waals surface area contributed by atoms with Crippen molar-refractivity contribution in [3.63, 3.8) is 0 Å². The number of hydrogen-bond donors (Lipinski definition) is 5. The van der Waals surface area contributed by atoms with Crippen molar-refractivity contribution in [2.75, 3.05) is 46.3 Å². The summed E-state index contributed by atoms with van der Waals surface area (Å²) < 4.78 is 16.5. The van der Waals surface area contributed by atoms with Crippen molar-refractivity contribution < 1.29 is 28.6 Å². The van der Waals surface area contributed by atoms with Gasteiger partial charge in [-0.2, -0.15) is 10.2 Å². The smallest absolute Gasteiger partial charge is 0.410 e. The van der Waals surface area contributed by atoms with Crippen LogP contribution in [0.5, 0.6) is 0 Å². The van der Waals surface area contributed by atoms with E-state index in [0.717, 1.165) is 0 Å². The van der Waals surface area contributed by atoms with Crippen molar-refractivity contribution in [1.29, 1.82) is 0 Å². The zero-order chi connectivity index (χ0) is 37.8. The molecule has 0 aliphatic rings. The standard InChI is InChI=1S/C32H61N9O6S2/c1-23(36-38-25(48)33-12)24(2)37-39-26(49)34-17-15-21-40(28(43)46-31(6,7)8)19-13-14-20-41(29(44)47-32(9,10)11)22-16-18-35-27(42)45-30(3,4)5/h13-22H2,1-12H3,(H,35,42)(H2,33,38,48)(H2,34,39,49)/b36-23+,37-24-. The van der Waals surface area contributed by atoms with Crippen LogP contribution in [0.2, 0.25) is 0 Å². The van der Waals surface area contributed by atoms with E-state index in [9.17, 15) is 14.4 Å². The van der Waals surface area contributed by atoms with E-state index in [1.807, 2.05) is 41.5 Å². The van der Waals surface area contributed by atoms with Gasteiger partial charge in [-0.15, -0.1) is 0 Å². The lowest BCUT2D eigenvalue weighted by Crippen LogP contribution is -2.41. The number of thiocarbonyl (C=S) groups is 2. The van der Waals surface area contributed by atoms with E-state index in [2.05, 4.69) is 37.0 Å². The van der Waals surface area contributed by atoms with E-state index < -0.39 is 35.1 Å². The Morgan fingerprint density at radius 3 is 1.35 bits per heavy atom. The van der Waals surface area contributed by atoms with Crippen LogP contribution in [0.3, 0.4) is 0 Å². The minimum atomic E-state index is -0.653. The summed E-state index contributed by atoms with van der Waals surface area (Å²) in [6.45, 7) is 22.4. The Bertz CT molecular complexity index is 1150. The molecule has 15 nitrogen and oxygen atoms in total. The third kappa shape index (κ3) is 25.2. The molecule has 0 aromatic carbocycles. The first-order valence-electron chi connectivity index (χ1n) is 16.6. The largest absolute Gasteiger partial charge is 0.444 e. The minimum Gasteiger partial charge on any atom is -0.444 e. The van der Waals surface area contributed by atoms with Gasteiger partial charge in [0.15, 0.2) is 10.2 Å². The SMILES string of the molecule is CNC(=S)N/N=C(C)/C(C)=N\NC(=S)NCCCN(CCCCN(CCCNC(=O)OC(C)(C)C)C(=O)OC(C)(C)C)C(=O)OC(C)(C)C. The second-order valence-corrected chi connectivity index (χ2v) is 15.0. The molecule has 0 rings (SSSR count). The fourth-order valence-corrected chi connectivity index (χ4v) is 3.81. The number of amides is 3. The van der Waals surface area contributed by atoms with E-state index in [-0.39, 0.29) is 0 Å². The molecule has 0 radical (unpaired) electrons. The van der Waals surface area contributed by atoms with Crippen LogP contribution in [-0.2, 0) is 14.2 Å². The summed E-state index contributed by atoms with van der Waals surface area (Å²) in [5, 5.41) is 17.7. The van der Waals surface area contributed by atoms with Gasteiger partial charge in [0.2, 0.25) is 0 Å². The highest BCUT2D eigenvalue weighted by atomic mass is 32.1. The maximum absolute atomic E-state index is 13.0. The number of alkyl carbamates (subject to hydrolysis) is 1. The quantitative estimate of drug-likeness (QED) is 0.0482. The van der Waals surface area contributed by atoms with Gasteiger partial charge in [-0.1, -0.05) is 0 Å². The highest BCUT2D eigenvalue weighted by molar-refractivity contribution is 7.80. The number of carbonyl (C=O) groups excluding carboxylic acids is 3. The minimum absolute atomic E-state index is 0.332. The van der Waals surface area contributed by atoms with E-state index in [1.54, 1.807) is 51.5 Å². The molecule has 3 amide bonds. The third-order valence-corrected chi connectivity index (χ3v) is 6.50. The van der Waals surface area contributed by atoms with Crippen LogP contribution in [-0.4, -0.2) is 113 Å². The van der Waals surface area contributed by atoms with E-state index in [4.69, 9.17) is 38.6 Å². The number of ether oxygens (including phenoxy) is 3. The molecule has 0 saturated heterocycles. The monoisotopic (exact) mass is 731 g/mol. The van der Waals surface area contributed by atoms with Crippen molar-refractivity contribution in [2.45, 2.75) is 119 Å². The Hall–Kier alpha value is -3.47. The predicted octanol–water partition coefficient (Wildman–Crippen LogP) is 4.86. The van der Waals surface area contributed by atoms with Gasteiger partial charge in [0.25, 0.3) is 0 Å². The Balaban J connectivity index is 5.09. The van der Waals surface area contributed by atoms with Gasteiger partial charge in [-0.25, -0.2) is 14.4 Å².